The second-order valence-electron chi connectivity index (χ2n) is 5.19. The van der Waals surface area contributed by atoms with Crippen LogP contribution in [0.4, 0.5) is 5.13 Å². The Hall–Kier alpha value is -1.18. The fraction of sp³-hybridized carbons (Fsp3) is 0.692. The SMILES string of the molecule is COC1CN(c2nc3c(s2)CCC3C(=O)O)CC1OC. The molecule has 0 bridgehead atoms. The Morgan fingerprint density at radius 2 is 2.00 bits per heavy atom. The lowest BCUT2D eigenvalue weighted by Crippen LogP contribution is -2.27. The van der Waals surface area contributed by atoms with E-state index in [2.05, 4.69) is 9.88 Å². The molecular formula is C13H18N2O4S. The highest BCUT2D eigenvalue weighted by Crippen LogP contribution is 2.40. The number of thiazole rings is 1. The van der Waals surface area contributed by atoms with Crippen molar-refractivity contribution in [2.24, 2.45) is 0 Å². The van der Waals surface area contributed by atoms with E-state index in [1.807, 2.05) is 0 Å². The van der Waals surface area contributed by atoms with Gasteiger partial charge in [-0.3, -0.25) is 4.79 Å². The van der Waals surface area contributed by atoms with E-state index in [-0.39, 0.29) is 12.2 Å². The lowest BCUT2D eigenvalue weighted by molar-refractivity contribution is -0.138. The molecule has 1 saturated heterocycles. The van der Waals surface area contributed by atoms with Crippen molar-refractivity contribution >= 4 is 22.4 Å². The lowest BCUT2D eigenvalue weighted by Gasteiger charge is -2.14. The molecule has 1 fully saturated rings. The first kappa shape index (κ1) is 13.8. The number of rotatable bonds is 4. The summed E-state index contributed by atoms with van der Waals surface area (Å²) in [6, 6.07) is 0. The second kappa shape index (κ2) is 5.31. The van der Waals surface area contributed by atoms with Gasteiger partial charge in [0.05, 0.1) is 5.69 Å². The van der Waals surface area contributed by atoms with Gasteiger partial charge in [0.25, 0.3) is 0 Å². The predicted octanol–water partition coefficient (Wildman–Crippen LogP) is 1.11. The van der Waals surface area contributed by atoms with Gasteiger partial charge in [0.15, 0.2) is 5.13 Å². The van der Waals surface area contributed by atoms with Gasteiger partial charge in [0.1, 0.15) is 18.1 Å². The highest BCUT2D eigenvalue weighted by molar-refractivity contribution is 7.15. The number of anilines is 1. The Kier molecular flexibility index (Phi) is 3.66. The van der Waals surface area contributed by atoms with Crippen molar-refractivity contribution in [2.75, 3.05) is 32.2 Å². The maximum absolute atomic E-state index is 11.2. The summed E-state index contributed by atoms with van der Waals surface area (Å²) in [5, 5.41) is 10.1. The molecule has 0 amide bonds. The Balaban J connectivity index is 1.80. The molecule has 1 aromatic rings. The van der Waals surface area contributed by atoms with Crippen LogP contribution in [0.1, 0.15) is 22.9 Å². The van der Waals surface area contributed by atoms with Crippen LogP contribution in [0.5, 0.6) is 0 Å². The van der Waals surface area contributed by atoms with Crippen LogP contribution in [0.15, 0.2) is 0 Å². The van der Waals surface area contributed by atoms with Crippen molar-refractivity contribution < 1.29 is 19.4 Å². The molecule has 1 aliphatic heterocycles. The van der Waals surface area contributed by atoms with Crippen LogP contribution in [-0.4, -0.2) is 55.6 Å². The highest BCUT2D eigenvalue weighted by Gasteiger charge is 2.37. The molecule has 1 aliphatic carbocycles. The number of nitrogens with zero attached hydrogens (tertiary/aromatic N) is 2. The largest absolute Gasteiger partial charge is 0.481 e. The van der Waals surface area contributed by atoms with Gasteiger partial charge in [-0.25, -0.2) is 4.98 Å². The standard InChI is InChI=1S/C13H18N2O4S/c1-18-8-5-15(6-9(8)19-2)13-14-11-7(12(16)17)3-4-10(11)20-13/h7-9H,3-6H2,1-2H3,(H,16,17). The quantitative estimate of drug-likeness (QED) is 0.898. The Bertz CT molecular complexity index is 506. The van der Waals surface area contributed by atoms with Crippen molar-refractivity contribution in [1.29, 1.82) is 0 Å². The normalized spacial score (nSPS) is 28.9. The first-order valence-electron chi connectivity index (χ1n) is 6.67. The van der Waals surface area contributed by atoms with Gasteiger partial charge in [-0.15, -0.1) is 11.3 Å². The van der Waals surface area contributed by atoms with Gasteiger partial charge in [0, 0.05) is 32.2 Å². The number of fused-ring (bicyclic) bond motifs is 1. The van der Waals surface area contributed by atoms with Gasteiger partial charge in [0.2, 0.25) is 0 Å². The molecule has 0 radical (unpaired) electrons. The van der Waals surface area contributed by atoms with Gasteiger partial charge < -0.3 is 19.5 Å². The molecular weight excluding hydrogens is 280 g/mol. The van der Waals surface area contributed by atoms with E-state index < -0.39 is 11.9 Å². The zero-order valence-corrected chi connectivity index (χ0v) is 12.4. The molecule has 0 saturated carbocycles. The van der Waals surface area contributed by atoms with E-state index in [0.29, 0.717) is 6.42 Å². The zero-order valence-electron chi connectivity index (χ0n) is 11.5. The monoisotopic (exact) mass is 298 g/mol. The molecule has 20 heavy (non-hydrogen) atoms. The van der Waals surface area contributed by atoms with Gasteiger partial charge in [-0.05, 0) is 12.8 Å². The predicted molar refractivity (Wildman–Crippen MR) is 74.6 cm³/mol. The number of methoxy groups -OCH3 is 2. The molecule has 3 rings (SSSR count). The van der Waals surface area contributed by atoms with E-state index >= 15 is 0 Å². The van der Waals surface area contributed by atoms with E-state index in [4.69, 9.17) is 9.47 Å². The summed E-state index contributed by atoms with van der Waals surface area (Å²) in [5.41, 5.74) is 0.757. The van der Waals surface area contributed by atoms with E-state index in [1.54, 1.807) is 25.6 Å². The van der Waals surface area contributed by atoms with Gasteiger partial charge in [-0.1, -0.05) is 0 Å². The minimum absolute atomic E-state index is 0.0361. The number of aryl methyl sites for hydroxylation is 1. The number of carboxylic acids is 1. The molecule has 2 heterocycles. The maximum atomic E-state index is 11.2. The number of ether oxygens (including phenoxy) is 2. The zero-order chi connectivity index (χ0) is 14.3. The molecule has 110 valence electrons. The summed E-state index contributed by atoms with van der Waals surface area (Å²) in [5.74, 6) is -1.21. The summed E-state index contributed by atoms with van der Waals surface area (Å²) in [4.78, 5) is 19.0. The van der Waals surface area contributed by atoms with Gasteiger partial charge >= 0.3 is 5.97 Å². The van der Waals surface area contributed by atoms with Gasteiger partial charge in [-0.2, -0.15) is 0 Å². The van der Waals surface area contributed by atoms with Crippen molar-refractivity contribution in [1.82, 2.24) is 4.98 Å². The number of aliphatic carboxylic acids is 1. The maximum Gasteiger partial charge on any atom is 0.312 e. The van der Waals surface area contributed by atoms with Crippen molar-refractivity contribution in [2.45, 2.75) is 31.0 Å². The third-order valence-electron chi connectivity index (χ3n) is 4.10. The molecule has 1 N–H and O–H groups in total. The molecule has 7 heteroatoms. The molecule has 0 aromatic carbocycles. The number of hydrogen-bond donors (Lipinski definition) is 1. The Morgan fingerprint density at radius 3 is 2.55 bits per heavy atom. The minimum Gasteiger partial charge on any atom is -0.481 e. The third-order valence-corrected chi connectivity index (χ3v) is 5.29. The number of aromatic nitrogens is 1. The van der Waals surface area contributed by atoms with Crippen LogP contribution >= 0.6 is 11.3 Å². The number of carboxylic acid groups (broad SMARTS) is 1. The first-order chi connectivity index (χ1) is 9.63. The fourth-order valence-electron chi connectivity index (χ4n) is 2.94. The molecule has 6 nitrogen and oxygen atoms in total. The summed E-state index contributed by atoms with van der Waals surface area (Å²) in [6.45, 7) is 1.47. The molecule has 1 aromatic heterocycles. The summed E-state index contributed by atoms with van der Waals surface area (Å²) in [6.07, 6.45) is 1.56. The fourth-order valence-corrected chi connectivity index (χ4v) is 4.10. The number of carbonyl (C=O) groups is 1. The van der Waals surface area contributed by atoms with Crippen LogP contribution in [-0.2, 0) is 20.7 Å². The average molecular weight is 298 g/mol. The second-order valence-corrected chi connectivity index (χ2v) is 6.25. The van der Waals surface area contributed by atoms with Crippen LogP contribution in [0.3, 0.4) is 0 Å². The molecule has 3 atom stereocenters. The smallest absolute Gasteiger partial charge is 0.312 e. The Morgan fingerprint density at radius 1 is 1.35 bits per heavy atom. The van der Waals surface area contributed by atoms with E-state index in [9.17, 15) is 9.90 Å². The molecule has 3 unspecified atom stereocenters. The molecule has 0 spiro atoms. The lowest BCUT2D eigenvalue weighted by atomic mass is 10.1. The van der Waals surface area contributed by atoms with Crippen molar-refractivity contribution in [3.8, 4) is 0 Å². The number of hydrogen-bond acceptors (Lipinski definition) is 6. The van der Waals surface area contributed by atoms with Crippen molar-refractivity contribution in [3.63, 3.8) is 0 Å². The molecule has 2 aliphatic rings. The third kappa shape index (κ3) is 2.19. The van der Waals surface area contributed by atoms with Crippen LogP contribution in [0.2, 0.25) is 0 Å². The van der Waals surface area contributed by atoms with E-state index in [1.165, 1.54) is 0 Å². The van der Waals surface area contributed by atoms with Crippen LogP contribution < -0.4 is 4.90 Å². The Labute approximate surface area is 121 Å². The first-order valence-corrected chi connectivity index (χ1v) is 7.48. The summed E-state index contributed by atoms with van der Waals surface area (Å²) in [7, 11) is 3.37. The topological polar surface area (TPSA) is 71.9 Å². The van der Waals surface area contributed by atoms with Crippen LogP contribution in [0, 0.1) is 0 Å². The summed E-state index contributed by atoms with van der Waals surface area (Å²) >= 11 is 1.61. The van der Waals surface area contributed by atoms with E-state index in [0.717, 1.165) is 35.2 Å². The highest BCUT2D eigenvalue weighted by atomic mass is 32.1. The average Bonchev–Trinajstić information content (AvgIpc) is 3.09. The van der Waals surface area contributed by atoms with Crippen LogP contribution in [0.25, 0.3) is 0 Å². The minimum atomic E-state index is -0.772. The summed E-state index contributed by atoms with van der Waals surface area (Å²) < 4.78 is 10.8. The van der Waals surface area contributed by atoms with Crippen molar-refractivity contribution in [3.05, 3.63) is 10.6 Å².